The Kier molecular flexibility index (Phi) is 2.52. The lowest BCUT2D eigenvalue weighted by atomic mass is 9.89. The zero-order valence-corrected chi connectivity index (χ0v) is 9.77. The van der Waals surface area contributed by atoms with Gasteiger partial charge in [-0.05, 0) is 30.2 Å². The second-order valence-electron chi connectivity index (χ2n) is 4.24. The quantitative estimate of drug-likeness (QED) is 0.858. The van der Waals surface area contributed by atoms with Crippen LogP contribution in [0.4, 0.5) is 5.69 Å². The second kappa shape index (κ2) is 4.17. The minimum absolute atomic E-state index is 0.354. The molecule has 3 nitrogen and oxygen atoms in total. The van der Waals surface area contributed by atoms with Crippen molar-refractivity contribution < 1.29 is 9.15 Å². The van der Waals surface area contributed by atoms with Gasteiger partial charge >= 0.3 is 0 Å². The van der Waals surface area contributed by atoms with E-state index >= 15 is 0 Å². The molecule has 1 aliphatic heterocycles. The van der Waals surface area contributed by atoms with Crippen LogP contribution in [0.2, 0.25) is 0 Å². The Morgan fingerprint density at radius 3 is 3.06 bits per heavy atom. The van der Waals surface area contributed by atoms with Crippen LogP contribution >= 0.6 is 0 Å². The van der Waals surface area contributed by atoms with Gasteiger partial charge in [0.15, 0.2) is 0 Å². The third-order valence-corrected chi connectivity index (χ3v) is 3.27. The molecular weight excluding hydrogens is 214 g/mol. The zero-order chi connectivity index (χ0) is 11.7. The Labute approximate surface area is 100 Å². The molecular formula is C14H15NO2. The predicted octanol–water partition coefficient (Wildman–Crippen LogP) is 3.24. The number of benzene rings is 1. The fourth-order valence-electron chi connectivity index (χ4n) is 2.41. The van der Waals surface area contributed by atoms with Crippen molar-refractivity contribution in [3.8, 4) is 5.75 Å². The number of nitrogens with one attached hydrogen (secondary N) is 1. The van der Waals surface area contributed by atoms with E-state index in [-0.39, 0.29) is 0 Å². The van der Waals surface area contributed by atoms with Gasteiger partial charge in [-0.1, -0.05) is 6.07 Å². The first kappa shape index (κ1) is 10.3. The van der Waals surface area contributed by atoms with Crippen molar-refractivity contribution >= 4 is 5.69 Å². The van der Waals surface area contributed by atoms with Crippen LogP contribution in [0.25, 0.3) is 0 Å². The fourth-order valence-corrected chi connectivity index (χ4v) is 2.41. The lowest BCUT2D eigenvalue weighted by Gasteiger charge is -2.25. The fraction of sp³-hybridized carbons (Fsp3) is 0.286. The van der Waals surface area contributed by atoms with Crippen LogP contribution in [0.3, 0.4) is 0 Å². The largest absolute Gasteiger partial charge is 0.497 e. The number of furan rings is 1. The van der Waals surface area contributed by atoms with E-state index < -0.39 is 0 Å². The average molecular weight is 229 g/mol. The molecule has 1 atom stereocenters. The molecule has 1 aromatic carbocycles. The van der Waals surface area contributed by atoms with E-state index in [4.69, 9.17) is 9.15 Å². The Hall–Kier alpha value is -1.90. The van der Waals surface area contributed by atoms with E-state index in [0.717, 1.165) is 30.2 Å². The van der Waals surface area contributed by atoms with Gasteiger partial charge in [-0.2, -0.15) is 0 Å². The molecule has 0 aliphatic carbocycles. The van der Waals surface area contributed by atoms with Crippen molar-refractivity contribution in [1.29, 1.82) is 0 Å². The van der Waals surface area contributed by atoms with Gasteiger partial charge in [0.05, 0.1) is 13.4 Å². The first-order chi connectivity index (χ1) is 8.38. The van der Waals surface area contributed by atoms with E-state index in [1.165, 1.54) is 5.56 Å². The topological polar surface area (TPSA) is 34.4 Å². The van der Waals surface area contributed by atoms with Crippen molar-refractivity contribution in [2.75, 3.05) is 19.0 Å². The van der Waals surface area contributed by atoms with Gasteiger partial charge in [-0.25, -0.2) is 0 Å². The Morgan fingerprint density at radius 2 is 2.29 bits per heavy atom. The number of methoxy groups -OCH3 is 1. The SMILES string of the molecule is COc1ccc2c(c1)NCCC2c1ccco1. The third kappa shape index (κ3) is 1.78. The normalized spacial score (nSPS) is 18.3. The standard InChI is InChI=1S/C14H15NO2/c1-16-10-4-5-11-12(14-3-2-8-17-14)6-7-15-13(11)9-10/h2-5,8-9,12,15H,6-7H2,1H3. The average Bonchev–Trinajstić information content (AvgIpc) is 2.91. The van der Waals surface area contributed by atoms with Crippen LogP contribution in [0, 0.1) is 0 Å². The maximum Gasteiger partial charge on any atom is 0.120 e. The van der Waals surface area contributed by atoms with Gasteiger partial charge in [0.1, 0.15) is 11.5 Å². The Balaban J connectivity index is 2.02. The summed E-state index contributed by atoms with van der Waals surface area (Å²) in [5.74, 6) is 2.28. The van der Waals surface area contributed by atoms with Crippen molar-refractivity contribution in [3.05, 3.63) is 47.9 Å². The van der Waals surface area contributed by atoms with Gasteiger partial charge in [0, 0.05) is 24.2 Å². The molecule has 0 spiro atoms. The van der Waals surface area contributed by atoms with Gasteiger partial charge in [-0.3, -0.25) is 0 Å². The van der Waals surface area contributed by atoms with Crippen molar-refractivity contribution in [2.45, 2.75) is 12.3 Å². The molecule has 1 aliphatic rings. The molecule has 0 saturated carbocycles. The van der Waals surface area contributed by atoms with Gasteiger partial charge in [-0.15, -0.1) is 0 Å². The molecule has 17 heavy (non-hydrogen) atoms. The van der Waals surface area contributed by atoms with Crippen molar-refractivity contribution in [3.63, 3.8) is 0 Å². The Morgan fingerprint density at radius 1 is 1.35 bits per heavy atom. The first-order valence-corrected chi connectivity index (χ1v) is 5.83. The summed E-state index contributed by atoms with van der Waals surface area (Å²) in [4.78, 5) is 0. The first-order valence-electron chi connectivity index (χ1n) is 5.83. The van der Waals surface area contributed by atoms with Gasteiger partial charge in [0.2, 0.25) is 0 Å². The number of hydrogen-bond acceptors (Lipinski definition) is 3. The van der Waals surface area contributed by atoms with E-state index in [9.17, 15) is 0 Å². The van der Waals surface area contributed by atoms with Crippen molar-refractivity contribution in [1.82, 2.24) is 0 Å². The second-order valence-corrected chi connectivity index (χ2v) is 4.24. The Bertz CT molecular complexity index is 505. The van der Waals surface area contributed by atoms with Crippen LogP contribution in [0.5, 0.6) is 5.75 Å². The number of hydrogen-bond donors (Lipinski definition) is 1. The van der Waals surface area contributed by atoms with Crippen LogP contribution in [-0.2, 0) is 0 Å². The molecule has 1 N–H and O–H groups in total. The van der Waals surface area contributed by atoms with E-state index in [0.29, 0.717) is 5.92 Å². The molecule has 0 fully saturated rings. The molecule has 0 bridgehead atoms. The van der Waals surface area contributed by atoms with Crippen molar-refractivity contribution in [2.24, 2.45) is 0 Å². The number of fused-ring (bicyclic) bond motifs is 1. The highest BCUT2D eigenvalue weighted by molar-refractivity contribution is 5.59. The summed E-state index contributed by atoms with van der Waals surface area (Å²) >= 11 is 0. The summed E-state index contributed by atoms with van der Waals surface area (Å²) in [5, 5.41) is 3.41. The lowest BCUT2D eigenvalue weighted by molar-refractivity contribution is 0.414. The molecule has 0 radical (unpaired) electrons. The molecule has 3 heteroatoms. The van der Waals surface area contributed by atoms with Gasteiger partial charge in [0.25, 0.3) is 0 Å². The molecule has 3 rings (SSSR count). The maximum atomic E-state index is 5.53. The minimum atomic E-state index is 0.354. The van der Waals surface area contributed by atoms with Crippen LogP contribution in [-0.4, -0.2) is 13.7 Å². The molecule has 88 valence electrons. The minimum Gasteiger partial charge on any atom is -0.497 e. The number of rotatable bonds is 2. The molecule has 1 aromatic heterocycles. The van der Waals surface area contributed by atoms with Crippen LogP contribution in [0.15, 0.2) is 41.0 Å². The lowest BCUT2D eigenvalue weighted by Crippen LogP contribution is -2.17. The summed E-state index contributed by atoms with van der Waals surface area (Å²) in [6, 6.07) is 10.2. The van der Waals surface area contributed by atoms with Crippen LogP contribution in [0.1, 0.15) is 23.7 Å². The molecule has 1 unspecified atom stereocenters. The highest BCUT2D eigenvalue weighted by atomic mass is 16.5. The third-order valence-electron chi connectivity index (χ3n) is 3.27. The summed E-state index contributed by atoms with van der Waals surface area (Å²) in [6.07, 6.45) is 2.80. The summed E-state index contributed by atoms with van der Waals surface area (Å²) in [5.41, 5.74) is 2.43. The summed E-state index contributed by atoms with van der Waals surface area (Å²) in [6.45, 7) is 0.964. The molecule has 2 heterocycles. The van der Waals surface area contributed by atoms with E-state index in [1.54, 1.807) is 13.4 Å². The zero-order valence-electron chi connectivity index (χ0n) is 9.77. The molecule has 0 amide bonds. The maximum absolute atomic E-state index is 5.53. The number of ether oxygens (including phenoxy) is 1. The van der Waals surface area contributed by atoms with E-state index in [2.05, 4.69) is 11.4 Å². The predicted molar refractivity (Wildman–Crippen MR) is 66.7 cm³/mol. The van der Waals surface area contributed by atoms with E-state index in [1.807, 2.05) is 24.3 Å². The summed E-state index contributed by atoms with van der Waals surface area (Å²) in [7, 11) is 1.69. The van der Waals surface area contributed by atoms with Crippen LogP contribution < -0.4 is 10.1 Å². The highest BCUT2D eigenvalue weighted by Crippen LogP contribution is 2.38. The highest BCUT2D eigenvalue weighted by Gasteiger charge is 2.23. The van der Waals surface area contributed by atoms with Gasteiger partial charge < -0.3 is 14.5 Å². The molecule has 0 saturated heterocycles. The molecule has 2 aromatic rings. The monoisotopic (exact) mass is 229 g/mol. The summed E-state index contributed by atoms with van der Waals surface area (Å²) < 4.78 is 10.8. The smallest absolute Gasteiger partial charge is 0.120 e. The number of anilines is 1.